The van der Waals surface area contributed by atoms with Gasteiger partial charge in [-0.1, -0.05) is 0 Å². The number of hydrogen-bond acceptors (Lipinski definition) is 2. The van der Waals surface area contributed by atoms with Crippen LogP contribution in [-0.2, 0) is 17.4 Å². The molecule has 106 valence electrons. The Labute approximate surface area is 116 Å². The van der Waals surface area contributed by atoms with Crippen LogP contribution in [0.1, 0.15) is 24.0 Å². The zero-order chi connectivity index (χ0) is 14.6. The number of benzene rings is 1. The maximum Gasteiger partial charge on any atom is 0.416 e. The molecule has 1 rings (SSSR count). The maximum atomic E-state index is 12.9. The largest absolute Gasteiger partial charge is 0.496 e. The Bertz CT molecular complexity index is 472. The quantitative estimate of drug-likeness (QED) is 0.884. The van der Waals surface area contributed by atoms with E-state index < -0.39 is 17.7 Å². The van der Waals surface area contributed by atoms with Gasteiger partial charge in [0.25, 0.3) is 0 Å². The molecule has 0 heterocycles. The molecule has 1 aromatic rings. The van der Waals surface area contributed by atoms with Crippen LogP contribution < -0.4 is 4.74 Å². The molecule has 0 amide bonds. The molecule has 0 aliphatic heterocycles. The monoisotopic (exact) mass is 340 g/mol. The molecular weight excluding hydrogens is 329 g/mol. The summed E-state index contributed by atoms with van der Waals surface area (Å²) in [5.74, 6) is -0.935. The summed E-state index contributed by atoms with van der Waals surface area (Å²) >= 11 is 3.12. The van der Waals surface area contributed by atoms with Crippen molar-refractivity contribution >= 4 is 21.9 Å². The van der Waals surface area contributed by atoms with Gasteiger partial charge in [0.1, 0.15) is 5.75 Å². The highest BCUT2D eigenvalue weighted by Gasteiger charge is 2.34. The first-order valence-corrected chi connectivity index (χ1v) is 6.20. The topological polar surface area (TPSA) is 46.5 Å². The Kier molecular flexibility index (Phi) is 5.22. The third-order valence-corrected chi connectivity index (χ3v) is 3.14. The van der Waals surface area contributed by atoms with E-state index in [0.717, 1.165) is 6.07 Å². The van der Waals surface area contributed by atoms with E-state index in [1.807, 2.05) is 0 Å². The van der Waals surface area contributed by atoms with Crippen LogP contribution in [0.15, 0.2) is 16.6 Å². The van der Waals surface area contributed by atoms with Crippen LogP contribution in [0, 0.1) is 0 Å². The van der Waals surface area contributed by atoms with Crippen molar-refractivity contribution < 1.29 is 27.8 Å². The maximum absolute atomic E-state index is 12.9. The average Bonchev–Trinajstić information content (AvgIpc) is 2.27. The summed E-state index contributed by atoms with van der Waals surface area (Å²) in [6.07, 6.45) is -4.46. The summed E-state index contributed by atoms with van der Waals surface area (Å²) in [6, 6.07) is 2.24. The Hall–Kier alpha value is -1.24. The number of alkyl halides is 3. The minimum Gasteiger partial charge on any atom is -0.496 e. The first kappa shape index (κ1) is 15.8. The summed E-state index contributed by atoms with van der Waals surface area (Å²) in [4.78, 5) is 10.4. The Morgan fingerprint density at radius 3 is 2.53 bits per heavy atom. The molecule has 3 nitrogen and oxygen atoms in total. The summed E-state index contributed by atoms with van der Waals surface area (Å²) in [5, 5.41) is 8.51. The zero-order valence-corrected chi connectivity index (χ0v) is 11.6. The number of methoxy groups -OCH3 is 1. The van der Waals surface area contributed by atoms with Gasteiger partial charge in [0.05, 0.1) is 17.1 Å². The van der Waals surface area contributed by atoms with Gasteiger partial charge in [-0.15, -0.1) is 0 Å². The molecule has 0 atom stereocenters. The molecule has 0 unspecified atom stereocenters. The number of carbonyl (C=O) groups is 1. The molecule has 1 N–H and O–H groups in total. The minimum atomic E-state index is -4.49. The second-order valence-electron chi connectivity index (χ2n) is 3.89. The number of rotatable bonds is 5. The van der Waals surface area contributed by atoms with Crippen molar-refractivity contribution in [3.8, 4) is 5.75 Å². The van der Waals surface area contributed by atoms with Gasteiger partial charge < -0.3 is 9.84 Å². The van der Waals surface area contributed by atoms with E-state index in [-0.39, 0.29) is 30.6 Å². The van der Waals surface area contributed by atoms with E-state index in [0.29, 0.717) is 4.47 Å². The van der Waals surface area contributed by atoms with Crippen LogP contribution in [0.5, 0.6) is 5.75 Å². The van der Waals surface area contributed by atoms with Gasteiger partial charge in [0, 0.05) is 6.42 Å². The van der Waals surface area contributed by atoms with E-state index in [1.54, 1.807) is 0 Å². The Morgan fingerprint density at radius 2 is 2.05 bits per heavy atom. The van der Waals surface area contributed by atoms with Crippen LogP contribution >= 0.6 is 15.9 Å². The first-order valence-electron chi connectivity index (χ1n) is 5.41. The molecule has 0 saturated heterocycles. The molecule has 0 radical (unpaired) electrons. The molecule has 0 spiro atoms. The lowest BCUT2D eigenvalue weighted by molar-refractivity contribution is -0.138. The van der Waals surface area contributed by atoms with E-state index in [9.17, 15) is 18.0 Å². The number of hydrogen-bond donors (Lipinski definition) is 1. The number of aliphatic carboxylic acids is 1. The third kappa shape index (κ3) is 4.41. The molecule has 0 aliphatic carbocycles. The molecule has 0 bridgehead atoms. The number of carboxylic acid groups (broad SMARTS) is 1. The second kappa shape index (κ2) is 6.27. The first-order chi connectivity index (χ1) is 8.75. The van der Waals surface area contributed by atoms with Crippen molar-refractivity contribution in [2.24, 2.45) is 0 Å². The van der Waals surface area contributed by atoms with Gasteiger partial charge in [-0.05, 0) is 46.5 Å². The fraction of sp³-hybridized carbons (Fsp3) is 0.417. The van der Waals surface area contributed by atoms with E-state index in [2.05, 4.69) is 15.9 Å². The Morgan fingerprint density at radius 1 is 1.42 bits per heavy atom. The van der Waals surface area contributed by atoms with Crippen molar-refractivity contribution in [3.63, 3.8) is 0 Å². The zero-order valence-electron chi connectivity index (χ0n) is 10.1. The highest BCUT2D eigenvalue weighted by Crippen LogP contribution is 2.38. The predicted octanol–water partition coefficient (Wildman–Crippen LogP) is 3.88. The molecule has 0 aromatic heterocycles. The van der Waals surface area contributed by atoms with Crippen molar-refractivity contribution in [1.29, 1.82) is 0 Å². The molecule has 0 saturated carbocycles. The summed E-state index contributed by atoms with van der Waals surface area (Å²) in [6.45, 7) is 0. The third-order valence-electron chi connectivity index (χ3n) is 2.52. The Balaban J connectivity index is 3.07. The molecule has 0 fully saturated rings. The highest BCUT2D eigenvalue weighted by molar-refractivity contribution is 9.10. The minimum absolute atomic E-state index is 0.0454. The van der Waals surface area contributed by atoms with Gasteiger partial charge in [-0.2, -0.15) is 13.2 Å². The standard InChI is InChI=1S/C12H12BrF3O3/c1-19-10-6-8(12(14,15)16)7(5-9(10)13)3-2-4-11(17)18/h5-6H,2-4H2,1H3,(H,17,18). The van der Waals surface area contributed by atoms with Crippen LogP contribution in [0.3, 0.4) is 0 Å². The van der Waals surface area contributed by atoms with Gasteiger partial charge in [-0.25, -0.2) is 0 Å². The lowest BCUT2D eigenvalue weighted by atomic mass is 10.0. The van der Waals surface area contributed by atoms with Crippen molar-refractivity contribution in [3.05, 3.63) is 27.7 Å². The molecular formula is C12H12BrF3O3. The average molecular weight is 341 g/mol. The molecule has 19 heavy (non-hydrogen) atoms. The van der Waals surface area contributed by atoms with Crippen LogP contribution in [0.2, 0.25) is 0 Å². The van der Waals surface area contributed by atoms with Crippen LogP contribution in [-0.4, -0.2) is 18.2 Å². The molecule has 7 heteroatoms. The SMILES string of the molecule is COc1cc(C(F)(F)F)c(CCCC(=O)O)cc1Br. The number of ether oxygens (including phenoxy) is 1. The fourth-order valence-electron chi connectivity index (χ4n) is 1.65. The van der Waals surface area contributed by atoms with Gasteiger partial charge >= 0.3 is 12.1 Å². The smallest absolute Gasteiger partial charge is 0.416 e. The highest BCUT2D eigenvalue weighted by atomic mass is 79.9. The lowest BCUT2D eigenvalue weighted by Gasteiger charge is -2.15. The lowest BCUT2D eigenvalue weighted by Crippen LogP contribution is -2.10. The number of aryl methyl sites for hydroxylation is 1. The predicted molar refractivity (Wildman–Crippen MR) is 66.3 cm³/mol. The summed E-state index contributed by atoms with van der Waals surface area (Å²) < 4.78 is 43.9. The van der Waals surface area contributed by atoms with Gasteiger partial charge in [0.2, 0.25) is 0 Å². The van der Waals surface area contributed by atoms with Gasteiger partial charge in [0.15, 0.2) is 0 Å². The van der Waals surface area contributed by atoms with E-state index in [1.165, 1.54) is 13.2 Å². The fourth-order valence-corrected chi connectivity index (χ4v) is 2.20. The second-order valence-corrected chi connectivity index (χ2v) is 4.74. The number of carboxylic acids is 1. The molecule has 1 aromatic carbocycles. The van der Waals surface area contributed by atoms with E-state index >= 15 is 0 Å². The normalized spacial score (nSPS) is 11.4. The van der Waals surface area contributed by atoms with Crippen molar-refractivity contribution in [1.82, 2.24) is 0 Å². The van der Waals surface area contributed by atoms with Crippen LogP contribution in [0.25, 0.3) is 0 Å². The summed E-state index contributed by atoms with van der Waals surface area (Å²) in [7, 11) is 1.28. The number of halogens is 4. The van der Waals surface area contributed by atoms with E-state index in [4.69, 9.17) is 9.84 Å². The van der Waals surface area contributed by atoms with Crippen LogP contribution in [0.4, 0.5) is 13.2 Å². The summed E-state index contributed by atoms with van der Waals surface area (Å²) in [5.41, 5.74) is -0.737. The van der Waals surface area contributed by atoms with Crippen molar-refractivity contribution in [2.75, 3.05) is 7.11 Å². The van der Waals surface area contributed by atoms with Crippen molar-refractivity contribution in [2.45, 2.75) is 25.4 Å². The molecule has 0 aliphatic rings. The van der Waals surface area contributed by atoms with Gasteiger partial charge in [-0.3, -0.25) is 4.79 Å².